The highest BCUT2D eigenvalue weighted by Gasteiger charge is 2.59. The number of unbranched alkanes of at least 4 members (excludes halogenated alkanes) is 2. The van der Waals surface area contributed by atoms with Crippen molar-refractivity contribution < 1.29 is 145 Å². The number of hydrogen-bond acceptors (Lipinski definition) is 12. The summed E-state index contributed by atoms with van der Waals surface area (Å²) < 4.78 is 306. The normalized spacial score (nSPS) is 16.4. The minimum atomic E-state index is -5.80. The molecule has 0 spiro atoms. The number of aliphatic hydroxyl groups excluding tert-OH is 2. The van der Waals surface area contributed by atoms with Gasteiger partial charge in [-0.25, -0.2) is 0 Å². The Morgan fingerprint density at radius 2 is 0.554 bits per heavy atom. The number of rotatable bonds is 45. The van der Waals surface area contributed by atoms with Crippen LogP contribution in [0.15, 0.2) is 0 Å². The van der Waals surface area contributed by atoms with Gasteiger partial charge in [0.2, 0.25) is 0 Å². The maximum absolute atomic E-state index is 13.3. The van der Waals surface area contributed by atoms with Crippen LogP contribution in [-0.4, -0.2) is 188 Å². The Balaban J connectivity index is 4.77. The first-order chi connectivity index (χ1) is 33.9. The zero-order valence-electron chi connectivity index (χ0n) is 40.4. The van der Waals surface area contributed by atoms with Crippen LogP contribution in [0.2, 0.25) is 0 Å². The fourth-order valence-corrected chi connectivity index (χ4v) is 5.78. The molecule has 2 N–H and O–H groups in total. The van der Waals surface area contributed by atoms with Gasteiger partial charge in [0.05, 0.1) is 117 Å². The highest BCUT2D eigenvalue weighted by Crippen LogP contribution is 2.40. The first-order valence-electron chi connectivity index (χ1n) is 23.1. The molecule has 0 radical (unpaired) electrons. The summed E-state index contributed by atoms with van der Waals surface area (Å²) in [6.45, 7) is -3.29. The second-order valence-electron chi connectivity index (χ2n) is 16.6. The number of ether oxygens (including phenoxy) is 10. The van der Waals surface area contributed by atoms with Crippen molar-refractivity contribution in [2.75, 3.05) is 92.5 Å². The molecule has 0 rings (SSSR count). The molecule has 446 valence electrons. The Labute approximate surface area is 414 Å². The molecule has 0 heterocycles. The highest BCUT2D eigenvalue weighted by atomic mass is 19.4. The van der Waals surface area contributed by atoms with Crippen LogP contribution in [0.5, 0.6) is 0 Å². The highest BCUT2D eigenvalue weighted by molar-refractivity contribution is 4.78. The molecule has 0 saturated heterocycles. The molecule has 0 bridgehead atoms. The summed E-state index contributed by atoms with van der Waals surface area (Å²) >= 11 is 0. The van der Waals surface area contributed by atoms with E-state index < -0.39 is 164 Å². The van der Waals surface area contributed by atoms with Gasteiger partial charge in [0.15, 0.2) is 12.6 Å². The van der Waals surface area contributed by atoms with Crippen LogP contribution in [0.4, 0.5) is 87.8 Å². The molecule has 0 aromatic rings. The van der Waals surface area contributed by atoms with Gasteiger partial charge in [-0.05, 0) is 39.5 Å². The third kappa shape index (κ3) is 32.8. The van der Waals surface area contributed by atoms with Crippen molar-refractivity contribution >= 4 is 0 Å². The Kier molecular flexibility index (Phi) is 34.0. The van der Waals surface area contributed by atoms with Crippen molar-refractivity contribution in [2.45, 2.75) is 176 Å². The van der Waals surface area contributed by atoms with Crippen molar-refractivity contribution in [3.05, 3.63) is 0 Å². The molecular weight excluding hydrogens is 1080 g/mol. The van der Waals surface area contributed by atoms with E-state index in [0.717, 1.165) is 0 Å². The van der Waals surface area contributed by atoms with Gasteiger partial charge in [-0.15, -0.1) is 0 Å². The van der Waals surface area contributed by atoms with E-state index in [-0.39, 0.29) is 91.0 Å². The fraction of sp³-hybridized carbons (Fsp3) is 1.00. The van der Waals surface area contributed by atoms with Gasteiger partial charge in [0.25, 0.3) is 0 Å². The molecule has 12 nitrogen and oxygen atoms in total. The SMILES string of the molecule is CC(OCCOCCOCCOC(C)OC(CCCCC(O)COCCC(F)(F)C(F)(F)F)COCCC(F)(F)C(F)(F)F)OC(CCCCC(O)COCCC(F)(F)C(F)(F)F)COCCC(F)(F)C(F)(F)F. The summed E-state index contributed by atoms with van der Waals surface area (Å²) in [7, 11) is 0. The predicted molar refractivity (Wildman–Crippen MR) is 217 cm³/mol. The molecule has 0 amide bonds. The van der Waals surface area contributed by atoms with Crippen molar-refractivity contribution in [3.8, 4) is 0 Å². The molecule has 32 heteroatoms. The van der Waals surface area contributed by atoms with Gasteiger partial charge in [-0.1, -0.05) is 25.7 Å². The van der Waals surface area contributed by atoms with E-state index in [0.29, 0.717) is 0 Å². The molecule has 74 heavy (non-hydrogen) atoms. The second kappa shape index (κ2) is 34.9. The molecule has 0 aliphatic carbocycles. The minimum Gasteiger partial charge on any atom is -0.391 e. The minimum absolute atomic E-state index is 0.0120. The fourth-order valence-electron chi connectivity index (χ4n) is 5.78. The molecule has 0 aliphatic rings. The largest absolute Gasteiger partial charge is 0.453 e. The van der Waals surface area contributed by atoms with E-state index in [2.05, 4.69) is 0 Å². The van der Waals surface area contributed by atoms with Crippen LogP contribution in [0.3, 0.4) is 0 Å². The molecular formula is C42H66F20O12. The Hall–Kier alpha value is -1.88. The maximum Gasteiger partial charge on any atom is 0.453 e. The van der Waals surface area contributed by atoms with Crippen molar-refractivity contribution in [1.82, 2.24) is 0 Å². The smallest absolute Gasteiger partial charge is 0.391 e. The molecule has 6 unspecified atom stereocenters. The third-order valence-electron chi connectivity index (χ3n) is 10.1. The summed E-state index contributed by atoms with van der Waals surface area (Å²) in [5.74, 6) is -20.0. The van der Waals surface area contributed by atoms with E-state index in [1.165, 1.54) is 13.8 Å². The Morgan fingerprint density at radius 3 is 0.824 bits per heavy atom. The van der Waals surface area contributed by atoms with Crippen molar-refractivity contribution in [1.29, 1.82) is 0 Å². The van der Waals surface area contributed by atoms with Crippen LogP contribution in [0.25, 0.3) is 0 Å². The maximum atomic E-state index is 13.3. The zero-order valence-corrected chi connectivity index (χ0v) is 40.4. The van der Waals surface area contributed by atoms with Crippen molar-refractivity contribution in [2.24, 2.45) is 0 Å². The monoisotopic (exact) mass is 1140 g/mol. The van der Waals surface area contributed by atoms with Gasteiger partial charge >= 0.3 is 48.4 Å². The molecule has 0 saturated carbocycles. The van der Waals surface area contributed by atoms with E-state index >= 15 is 0 Å². The van der Waals surface area contributed by atoms with Gasteiger partial charge in [-0.2, -0.15) is 87.8 Å². The lowest BCUT2D eigenvalue weighted by Crippen LogP contribution is -2.37. The lowest BCUT2D eigenvalue weighted by atomic mass is 10.1. The van der Waals surface area contributed by atoms with Crippen LogP contribution < -0.4 is 0 Å². The van der Waals surface area contributed by atoms with Crippen LogP contribution >= 0.6 is 0 Å². The van der Waals surface area contributed by atoms with Crippen LogP contribution in [0, 0.1) is 0 Å². The molecule has 0 fully saturated rings. The zero-order chi connectivity index (χ0) is 56.9. The average Bonchev–Trinajstić information content (AvgIpc) is 3.25. The quantitative estimate of drug-likeness (QED) is 0.0342. The topological polar surface area (TPSA) is 133 Å². The average molecular weight is 1140 g/mol. The number of halogens is 20. The Morgan fingerprint density at radius 1 is 0.311 bits per heavy atom. The predicted octanol–water partition coefficient (Wildman–Crippen LogP) is 10.8. The van der Waals surface area contributed by atoms with Gasteiger partial charge in [-0.3, -0.25) is 0 Å². The first kappa shape index (κ1) is 72.1. The number of aliphatic hydroxyl groups is 2. The lowest BCUT2D eigenvalue weighted by molar-refractivity contribution is -0.287. The van der Waals surface area contributed by atoms with E-state index in [1.807, 2.05) is 0 Å². The lowest BCUT2D eigenvalue weighted by Gasteiger charge is -2.24. The Bertz CT molecular complexity index is 1310. The van der Waals surface area contributed by atoms with Crippen LogP contribution in [0.1, 0.15) is 90.9 Å². The molecule has 0 aliphatic heterocycles. The number of alkyl halides is 20. The van der Waals surface area contributed by atoms with E-state index in [1.54, 1.807) is 0 Å². The summed E-state index contributed by atoms with van der Waals surface area (Å²) in [6, 6.07) is 0. The van der Waals surface area contributed by atoms with E-state index in [9.17, 15) is 98.0 Å². The second-order valence-corrected chi connectivity index (χ2v) is 16.6. The standard InChI is InChI=1S/C42H66F20O12/c1-29(73-33(27-69-17-13-37(47,48)41(57,58)59)9-5-3-7-31(63)25-67-15-11-35(43,44)39(51,52)53)71-23-21-65-19-20-66-22-24-72-30(2)74-34(28-70-18-14-38(49,50)42(60,61)62)10-6-4-8-32(64)26-68-16-12-36(45,46)40(54,55)56/h29-34,63-64H,3-28H2,1-2H3. The number of hydrogen-bond donors (Lipinski definition) is 2. The van der Waals surface area contributed by atoms with Gasteiger partial charge in [0, 0.05) is 25.7 Å². The van der Waals surface area contributed by atoms with Gasteiger partial charge < -0.3 is 57.6 Å². The third-order valence-corrected chi connectivity index (χ3v) is 10.1. The van der Waals surface area contributed by atoms with Gasteiger partial charge in [0.1, 0.15) is 0 Å². The molecule has 6 atom stereocenters. The summed E-state index contributed by atoms with van der Waals surface area (Å²) in [5.41, 5.74) is 0. The molecule has 0 aromatic heterocycles. The summed E-state index contributed by atoms with van der Waals surface area (Å²) in [6.07, 6.45) is -35.2. The summed E-state index contributed by atoms with van der Waals surface area (Å²) in [5, 5.41) is 20.0. The first-order valence-corrected chi connectivity index (χ1v) is 23.1. The summed E-state index contributed by atoms with van der Waals surface area (Å²) in [4.78, 5) is 0. The van der Waals surface area contributed by atoms with E-state index in [4.69, 9.17) is 47.4 Å². The van der Waals surface area contributed by atoms with Crippen LogP contribution in [-0.2, 0) is 47.4 Å². The van der Waals surface area contributed by atoms with Crippen molar-refractivity contribution in [3.63, 3.8) is 0 Å². The molecule has 0 aromatic carbocycles.